The fourth-order valence-electron chi connectivity index (χ4n) is 2.36. The molecule has 2 atom stereocenters. The largest absolute Gasteiger partial charge is 0.480 e. The van der Waals surface area contributed by atoms with Crippen molar-refractivity contribution in [3.8, 4) is 0 Å². The zero-order chi connectivity index (χ0) is 14.4. The van der Waals surface area contributed by atoms with Crippen LogP contribution in [-0.2, 0) is 19.1 Å². The first-order valence-electron chi connectivity index (χ1n) is 6.61. The van der Waals surface area contributed by atoms with Crippen LogP contribution in [0.25, 0.3) is 0 Å². The number of rotatable bonds is 7. The summed E-state index contributed by atoms with van der Waals surface area (Å²) in [5.74, 6) is -2.27. The number of hydrogen-bond acceptors (Lipinski definition) is 4. The fraction of sp³-hybridized carbons (Fsp3) is 0.769. The summed E-state index contributed by atoms with van der Waals surface area (Å²) in [5, 5.41) is 9.22. The van der Waals surface area contributed by atoms with E-state index < -0.39 is 23.9 Å². The molecule has 0 aromatic heterocycles. The van der Waals surface area contributed by atoms with E-state index in [0.717, 1.165) is 19.3 Å². The lowest BCUT2D eigenvalue weighted by Crippen LogP contribution is -2.42. The van der Waals surface area contributed by atoms with Crippen molar-refractivity contribution in [1.82, 2.24) is 4.90 Å². The molecule has 1 heterocycles. The highest BCUT2D eigenvalue weighted by molar-refractivity contribution is 5.90. The number of hydrogen-bond donors (Lipinski definition) is 1. The van der Waals surface area contributed by atoms with Gasteiger partial charge >= 0.3 is 11.9 Å². The molecule has 0 aromatic rings. The number of carboxylic acids is 1. The van der Waals surface area contributed by atoms with E-state index in [1.807, 2.05) is 6.92 Å². The minimum absolute atomic E-state index is 0.0459. The molecule has 1 N–H and O–H groups in total. The van der Waals surface area contributed by atoms with Gasteiger partial charge in [0, 0.05) is 13.0 Å². The Morgan fingerprint density at radius 2 is 2.16 bits per heavy atom. The molecule has 0 aromatic carbocycles. The van der Waals surface area contributed by atoms with E-state index in [1.165, 1.54) is 12.0 Å². The van der Waals surface area contributed by atoms with Gasteiger partial charge in [-0.2, -0.15) is 0 Å². The first kappa shape index (κ1) is 15.5. The molecule has 0 aliphatic carbocycles. The van der Waals surface area contributed by atoms with Gasteiger partial charge in [-0.15, -0.1) is 0 Å². The van der Waals surface area contributed by atoms with Crippen LogP contribution in [0.4, 0.5) is 0 Å². The Labute approximate surface area is 112 Å². The second kappa shape index (κ2) is 7.11. The van der Waals surface area contributed by atoms with E-state index in [4.69, 9.17) is 0 Å². The summed E-state index contributed by atoms with van der Waals surface area (Å²) in [4.78, 5) is 35.8. The van der Waals surface area contributed by atoms with Crippen molar-refractivity contribution < 1.29 is 24.2 Å². The van der Waals surface area contributed by atoms with Gasteiger partial charge in [-0.05, 0) is 6.42 Å². The molecule has 1 saturated heterocycles. The van der Waals surface area contributed by atoms with E-state index in [1.54, 1.807) is 0 Å². The molecule has 1 fully saturated rings. The monoisotopic (exact) mass is 271 g/mol. The van der Waals surface area contributed by atoms with Crippen LogP contribution in [0, 0.1) is 5.92 Å². The van der Waals surface area contributed by atoms with Gasteiger partial charge in [0.2, 0.25) is 5.91 Å². The Morgan fingerprint density at radius 1 is 1.47 bits per heavy atom. The third-order valence-corrected chi connectivity index (χ3v) is 3.44. The van der Waals surface area contributed by atoms with E-state index in [2.05, 4.69) is 4.74 Å². The summed E-state index contributed by atoms with van der Waals surface area (Å²) in [7, 11) is 1.27. The predicted octanol–water partition coefficient (Wildman–Crippen LogP) is 1.04. The zero-order valence-corrected chi connectivity index (χ0v) is 11.4. The molecular formula is C13H21NO5. The number of amides is 1. The van der Waals surface area contributed by atoms with Crippen LogP contribution in [-0.4, -0.2) is 47.5 Å². The molecule has 0 radical (unpaired) electrons. The third kappa shape index (κ3) is 3.94. The molecule has 1 rings (SSSR count). The van der Waals surface area contributed by atoms with Crippen LogP contribution in [0.1, 0.15) is 39.0 Å². The summed E-state index contributed by atoms with van der Waals surface area (Å²) in [6, 6.07) is -0.825. The highest BCUT2D eigenvalue weighted by Gasteiger charge is 2.40. The number of unbranched alkanes of at least 4 members (excludes halogenated alkanes) is 2. The molecular weight excluding hydrogens is 250 g/mol. The molecule has 1 aliphatic heterocycles. The van der Waals surface area contributed by atoms with Crippen LogP contribution in [0.3, 0.4) is 0 Å². The minimum atomic E-state index is -1.00. The van der Waals surface area contributed by atoms with Crippen LogP contribution in [0.15, 0.2) is 0 Å². The number of esters is 1. The number of aliphatic carboxylic acids is 1. The highest BCUT2D eigenvalue weighted by Crippen LogP contribution is 2.23. The van der Waals surface area contributed by atoms with Gasteiger partial charge in [0.05, 0.1) is 13.0 Å². The number of carbonyl (C=O) groups is 3. The number of methoxy groups -OCH3 is 1. The quantitative estimate of drug-likeness (QED) is 0.552. The second-order valence-corrected chi connectivity index (χ2v) is 4.82. The summed E-state index contributed by atoms with van der Waals surface area (Å²) in [6.45, 7) is 2.18. The van der Waals surface area contributed by atoms with Crippen LogP contribution in [0.5, 0.6) is 0 Å². The fourth-order valence-corrected chi connectivity index (χ4v) is 2.36. The number of nitrogens with zero attached hydrogens (tertiary/aromatic N) is 1. The SMILES string of the molecule is CCCCC[C@@H](C(=O)O)N1CC(C(=O)OC)CC1=O. The zero-order valence-electron chi connectivity index (χ0n) is 11.4. The van der Waals surface area contributed by atoms with E-state index in [0.29, 0.717) is 6.42 Å². The number of likely N-dealkylation sites (tertiary alicyclic amines) is 1. The lowest BCUT2D eigenvalue weighted by atomic mass is 10.1. The first-order valence-corrected chi connectivity index (χ1v) is 6.61. The molecule has 6 nitrogen and oxygen atoms in total. The van der Waals surface area contributed by atoms with Gasteiger partial charge in [0.25, 0.3) is 0 Å². The molecule has 0 saturated carbocycles. The highest BCUT2D eigenvalue weighted by atomic mass is 16.5. The van der Waals surface area contributed by atoms with Gasteiger partial charge in [0.15, 0.2) is 0 Å². The van der Waals surface area contributed by atoms with E-state index in [9.17, 15) is 19.5 Å². The number of carboxylic acid groups (broad SMARTS) is 1. The van der Waals surface area contributed by atoms with Crippen molar-refractivity contribution in [3.63, 3.8) is 0 Å². The van der Waals surface area contributed by atoms with Gasteiger partial charge in [-0.3, -0.25) is 9.59 Å². The van der Waals surface area contributed by atoms with Crippen molar-refractivity contribution in [2.45, 2.75) is 45.1 Å². The Balaban J connectivity index is 2.66. The molecule has 1 amide bonds. The van der Waals surface area contributed by atoms with Crippen LogP contribution in [0.2, 0.25) is 0 Å². The van der Waals surface area contributed by atoms with Gasteiger partial charge in [-0.25, -0.2) is 4.79 Å². The molecule has 6 heteroatoms. The van der Waals surface area contributed by atoms with Crippen molar-refractivity contribution in [1.29, 1.82) is 0 Å². The average molecular weight is 271 g/mol. The average Bonchev–Trinajstić information content (AvgIpc) is 2.75. The topological polar surface area (TPSA) is 83.9 Å². The van der Waals surface area contributed by atoms with Gasteiger partial charge < -0.3 is 14.7 Å². The second-order valence-electron chi connectivity index (χ2n) is 4.82. The number of ether oxygens (including phenoxy) is 1. The Hall–Kier alpha value is -1.59. The Bertz CT molecular complexity index is 355. The standard InChI is InChI=1S/C13H21NO5/c1-3-4-5-6-10(12(16)17)14-8-9(7-11(14)15)13(18)19-2/h9-10H,3-8H2,1-2H3,(H,16,17)/t9?,10-/m0/s1. The maximum absolute atomic E-state index is 11.8. The summed E-state index contributed by atoms with van der Waals surface area (Å²) >= 11 is 0. The summed E-state index contributed by atoms with van der Waals surface area (Å²) in [5.41, 5.74) is 0. The maximum atomic E-state index is 11.8. The first-order chi connectivity index (χ1) is 9.01. The maximum Gasteiger partial charge on any atom is 0.326 e. The molecule has 0 spiro atoms. The van der Waals surface area contributed by atoms with E-state index in [-0.39, 0.29) is 18.9 Å². The van der Waals surface area contributed by atoms with Crippen molar-refractivity contribution >= 4 is 17.8 Å². The van der Waals surface area contributed by atoms with E-state index >= 15 is 0 Å². The molecule has 108 valence electrons. The summed E-state index contributed by atoms with van der Waals surface area (Å²) in [6.07, 6.45) is 3.17. The predicted molar refractivity (Wildman–Crippen MR) is 67.4 cm³/mol. The normalized spacial score (nSPS) is 20.4. The van der Waals surface area contributed by atoms with Crippen molar-refractivity contribution in [2.75, 3.05) is 13.7 Å². The molecule has 1 aliphatic rings. The van der Waals surface area contributed by atoms with Crippen molar-refractivity contribution in [3.05, 3.63) is 0 Å². The van der Waals surface area contributed by atoms with Gasteiger partial charge in [0.1, 0.15) is 6.04 Å². The van der Waals surface area contributed by atoms with Crippen LogP contribution >= 0.6 is 0 Å². The van der Waals surface area contributed by atoms with Crippen molar-refractivity contribution in [2.24, 2.45) is 5.92 Å². The Morgan fingerprint density at radius 3 is 2.68 bits per heavy atom. The minimum Gasteiger partial charge on any atom is -0.480 e. The molecule has 19 heavy (non-hydrogen) atoms. The van der Waals surface area contributed by atoms with Gasteiger partial charge in [-0.1, -0.05) is 26.2 Å². The molecule has 0 bridgehead atoms. The molecule has 1 unspecified atom stereocenters. The summed E-state index contributed by atoms with van der Waals surface area (Å²) < 4.78 is 4.60. The smallest absolute Gasteiger partial charge is 0.326 e. The lowest BCUT2D eigenvalue weighted by molar-refractivity contribution is -0.149. The number of carbonyl (C=O) groups excluding carboxylic acids is 2. The van der Waals surface area contributed by atoms with Crippen LogP contribution < -0.4 is 0 Å². The lowest BCUT2D eigenvalue weighted by Gasteiger charge is -2.24. The Kier molecular flexibility index (Phi) is 5.79. The third-order valence-electron chi connectivity index (χ3n) is 3.44.